The number of nitrogens with zero attached hydrogens (tertiary/aromatic N) is 5. The Balaban J connectivity index is 1.83. The minimum atomic E-state index is -4.47. The second kappa shape index (κ2) is 7.62. The van der Waals surface area contributed by atoms with Crippen molar-refractivity contribution in [3.05, 3.63) is 47.8 Å². The topological polar surface area (TPSA) is 106 Å². The van der Waals surface area contributed by atoms with Gasteiger partial charge in [0.1, 0.15) is 17.3 Å². The number of halogens is 3. The SMILES string of the molecule is Cc1cc(Nc2cc(C(F)(F)F)ccn2)nc(-c2cn(CCC(=O)O)nn2)c1. The Hall–Kier alpha value is -3.50. The van der Waals surface area contributed by atoms with Gasteiger partial charge in [0, 0.05) is 6.20 Å². The molecule has 0 amide bonds. The standard InChI is InChI=1S/C17H15F3N6O2/c1-10-6-12(13-9-26(25-24-13)5-3-16(27)28)22-15(7-10)23-14-8-11(2-4-21-14)17(18,19)20/h2,4,6-9H,3,5H2,1H3,(H,27,28)(H,21,22,23). The molecule has 3 aromatic rings. The van der Waals surface area contributed by atoms with E-state index < -0.39 is 17.7 Å². The van der Waals surface area contributed by atoms with Gasteiger partial charge in [0.05, 0.1) is 30.4 Å². The summed E-state index contributed by atoms with van der Waals surface area (Å²) in [7, 11) is 0. The van der Waals surface area contributed by atoms with Gasteiger partial charge in [-0.2, -0.15) is 13.2 Å². The van der Waals surface area contributed by atoms with E-state index in [-0.39, 0.29) is 18.8 Å². The monoisotopic (exact) mass is 392 g/mol. The van der Waals surface area contributed by atoms with Crippen molar-refractivity contribution < 1.29 is 23.1 Å². The van der Waals surface area contributed by atoms with Crippen LogP contribution in [0, 0.1) is 6.92 Å². The van der Waals surface area contributed by atoms with E-state index in [1.807, 2.05) is 0 Å². The molecule has 3 aromatic heterocycles. The zero-order valence-corrected chi connectivity index (χ0v) is 14.6. The first-order valence-electron chi connectivity index (χ1n) is 8.12. The second-order valence-electron chi connectivity index (χ2n) is 5.98. The Morgan fingerprint density at radius 3 is 2.71 bits per heavy atom. The van der Waals surface area contributed by atoms with Gasteiger partial charge in [-0.3, -0.25) is 9.48 Å². The molecule has 0 fully saturated rings. The molecule has 2 N–H and O–H groups in total. The van der Waals surface area contributed by atoms with E-state index in [4.69, 9.17) is 5.11 Å². The fraction of sp³-hybridized carbons (Fsp3) is 0.235. The first kappa shape index (κ1) is 19.3. The molecule has 0 aliphatic heterocycles. The van der Waals surface area contributed by atoms with Crippen LogP contribution in [0.5, 0.6) is 0 Å². The molecule has 28 heavy (non-hydrogen) atoms. The number of aryl methyl sites for hydroxylation is 2. The summed E-state index contributed by atoms with van der Waals surface area (Å²) in [4.78, 5) is 18.9. The van der Waals surface area contributed by atoms with Crippen LogP contribution < -0.4 is 5.32 Å². The average Bonchev–Trinajstić information content (AvgIpc) is 3.08. The lowest BCUT2D eigenvalue weighted by Crippen LogP contribution is -2.06. The maximum atomic E-state index is 12.8. The van der Waals surface area contributed by atoms with Gasteiger partial charge >= 0.3 is 12.1 Å². The molecule has 3 heterocycles. The number of hydrogen-bond donors (Lipinski definition) is 2. The Labute approximate surface area is 157 Å². The Kier molecular flexibility index (Phi) is 5.25. The lowest BCUT2D eigenvalue weighted by atomic mass is 10.2. The number of pyridine rings is 2. The molecule has 0 radical (unpaired) electrons. The van der Waals surface area contributed by atoms with Crippen LogP contribution in [-0.2, 0) is 17.5 Å². The smallest absolute Gasteiger partial charge is 0.416 e. The fourth-order valence-corrected chi connectivity index (χ4v) is 2.40. The molecular weight excluding hydrogens is 377 g/mol. The van der Waals surface area contributed by atoms with Gasteiger partial charge < -0.3 is 10.4 Å². The summed E-state index contributed by atoms with van der Waals surface area (Å²) in [6, 6.07) is 5.16. The summed E-state index contributed by atoms with van der Waals surface area (Å²) in [6.45, 7) is 1.96. The van der Waals surface area contributed by atoms with Crippen LogP contribution in [0.2, 0.25) is 0 Å². The molecule has 0 bridgehead atoms. The van der Waals surface area contributed by atoms with Crippen LogP contribution >= 0.6 is 0 Å². The van der Waals surface area contributed by atoms with E-state index in [9.17, 15) is 18.0 Å². The van der Waals surface area contributed by atoms with E-state index in [0.29, 0.717) is 17.2 Å². The van der Waals surface area contributed by atoms with Gasteiger partial charge in [-0.25, -0.2) is 9.97 Å². The molecular formula is C17H15F3N6O2. The van der Waals surface area contributed by atoms with Crippen molar-refractivity contribution in [3.8, 4) is 11.4 Å². The van der Waals surface area contributed by atoms with E-state index in [2.05, 4.69) is 25.6 Å². The number of rotatable bonds is 6. The van der Waals surface area contributed by atoms with Crippen molar-refractivity contribution in [1.29, 1.82) is 0 Å². The average molecular weight is 392 g/mol. The quantitative estimate of drug-likeness (QED) is 0.663. The highest BCUT2D eigenvalue weighted by molar-refractivity contribution is 5.66. The first-order valence-corrected chi connectivity index (χ1v) is 8.12. The highest BCUT2D eigenvalue weighted by Crippen LogP contribution is 2.30. The Morgan fingerprint density at radius 2 is 2.00 bits per heavy atom. The van der Waals surface area contributed by atoms with Gasteiger partial charge in [0.25, 0.3) is 0 Å². The predicted molar refractivity (Wildman–Crippen MR) is 92.8 cm³/mol. The van der Waals surface area contributed by atoms with Crippen LogP contribution in [-0.4, -0.2) is 36.0 Å². The Morgan fingerprint density at radius 1 is 1.21 bits per heavy atom. The number of nitrogens with one attached hydrogen (secondary N) is 1. The highest BCUT2D eigenvalue weighted by atomic mass is 19.4. The summed E-state index contributed by atoms with van der Waals surface area (Å²) >= 11 is 0. The molecule has 0 unspecified atom stereocenters. The van der Waals surface area contributed by atoms with E-state index in [0.717, 1.165) is 23.9 Å². The molecule has 8 nitrogen and oxygen atoms in total. The zero-order chi connectivity index (χ0) is 20.3. The third-order valence-corrected chi connectivity index (χ3v) is 3.67. The molecule has 0 aliphatic carbocycles. The number of aliphatic carboxylic acids is 1. The number of carboxylic acids is 1. The van der Waals surface area contributed by atoms with Crippen molar-refractivity contribution in [2.45, 2.75) is 26.1 Å². The lowest BCUT2D eigenvalue weighted by molar-refractivity contribution is -0.138. The summed E-state index contributed by atoms with van der Waals surface area (Å²) in [5.74, 6) is -0.656. The molecule has 0 atom stereocenters. The molecule has 146 valence electrons. The van der Waals surface area contributed by atoms with Crippen molar-refractivity contribution >= 4 is 17.6 Å². The van der Waals surface area contributed by atoms with Crippen LogP contribution in [0.3, 0.4) is 0 Å². The van der Waals surface area contributed by atoms with Crippen LogP contribution in [0.15, 0.2) is 36.7 Å². The molecule has 11 heteroatoms. The van der Waals surface area contributed by atoms with Gasteiger partial charge in [-0.15, -0.1) is 5.10 Å². The molecule has 0 spiro atoms. The van der Waals surface area contributed by atoms with E-state index in [1.165, 1.54) is 4.68 Å². The first-order chi connectivity index (χ1) is 13.2. The van der Waals surface area contributed by atoms with Crippen LogP contribution in [0.4, 0.5) is 24.8 Å². The zero-order valence-electron chi connectivity index (χ0n) is 14.6. The number of carboxylic acid groups (broad SMARTS) is 1. The summed E-state index contributed by atoms with van der Waals surface area (Å²) < 4.78 is 39.9. The van der Waals surface area contributed by atoms with Crippen molar-refractivity contribution in [2.75, 3.05) is 5.32 Å². The predicted octanol–water partition coefficient (Wildman–Crippen LogP) is 3.28. The maximum absolute atomic E-state index is 12.8. The Bertz CT molecular complexity index is 1000. The maximum Gasteiger partial charge on any atom is 0.416 e. The highest BCUT2D eigenvalue weighted by Gasteiger charge is 2.30. The molecule has 0 saturated carbocycles. The fourth-order valence-electron chi connectivity index (χ4n) is 2.40. The summed E-state index contributed by atoms with van der Waals surface area (Å²) in [5.41, 5.74) is 0.823. The molecule has 0 aliphatic rings. The van der Waals surface area contributed by atoms with Gasteiger partial charge in [-0.1, -0.05) is 5.21 Å². The normalized spacial score (nSPS) is 11.4. The van der Waals surface area contributed by atoms with Crippen molar-refractivity contribution in [1.82, 2.24) is 25.0 Å². The van der Waals surface area contributed by atoms with Crippen molar-refractivity contribution in [2.24, 2.45) is 0 Å². The third kappa shape index (κ3) is 4.81. The van der Waals surface area contributed by atoms with Crippen LogP contribution in [0.1, 0.15) is 17.5 Å². The summed E-state index contributed by atoms with van der Waals surface area (Å²) in [6.07, 6.45) is -1.95. The second-order valence-corrected chi connectivity index (χ2v) is 5.98. The van der Waals surface area contributed by atoms with Gasteiger partial charge in [-0.05, 0) is 36.8 Å². The van der Waals surface area contributed by atoms with Gasteiger partial charge in [0.15, 0.2) is 0 Å². The van der Waals surface area contributed by atoms with Gasteiger partial charge in [0.2, 0.25) is 0 Å². The number of hydrogen-bond acceptors (Lipinski definition) is 6. The largest absolute Gasteiger partial charge is 0.481 e. The minimum absolute atomic E-state index is 0.00369. The number of aromatic nitrogens is 5. The number of anilines is 2. The third-order valence-electron chi connectivity index (χ3n) is 3.67. The summed E-state index contributed by atoms with van der Waals surface area (Å²) in [5, 5.41) is 19.3. The molecule has 0 saturated heterocycles. The molecule has 3 rings (SSSR count). The lowest BCUT2D eigenvalue weighted by Gasteiger charge is -2.10. The van der Waals surface area contributed by atoms with E-state index >= 15 is 0 Å². The number of carbonyl (C=O) groups is 1. The van der Waals surface area contributed by atoms with Crippen LogP contribution in [0.25, 0.3) is 11.4 Å². The molecule has 0 aromatic carbocycles. The van der Waals surface area contributed by atoms with Crippen molar-refractivity contribution in [3.63, 3.8) is 0 Å². The number of alkyl halides is 3. The minimum Gasteiger partial charge on any atom is -0.481 e. The van der Waals surface area contributed by atoms with E-state index in [1.54, 1.807) is 25.3 Å².